The van der Waals surface area contributed by atoms with Crippen LogP contribution in [0, 0.1) is 0 Å². The van der Waals surface area contributed by atoms with Crippen LogP contribution in [0.1, 0.15) is 0 Å². The molecule has 0 fully saturated rings. The third kappa shape index (κ3) is 2.67. The molecule has 0 bridgehead atoms. The Morgan fingerprint density at radius 3 is 2.45 bits per heavy atom. The van der Waals surface area contributed by atoms with Crippen LogP contribution in [0.5, 0.6) is 0 Å². The van der Waals surface area contributed by atoms with E-state index in [4.69, 9.17) is 11.5 Å². The lowest BCUT2D eigenvalue weighted by Crippen LogP contribution is -2.22. The van der Waals surface area contributed by atoms with Crippen molar-refractivity contribution in [1.82, 2.24) is 5.48 Å². The van der Waals surface area contributed by atoms with E-state index in [1.54, 1.807) is 0 Å². The zero-order chi connectivity index (χ0) is 8.85. The van der Waals surface area contributed by atoms with Crippen LogP contribution in [-0.2, 0) is 9.63 Å². The molecule has 0 atom stereocenters. The summed E-state index contributed by atoms with van der Waals surface area (Å²) in [4.78, 5) is 18.4. The van der Waals surface area contributed by atoms with Crippen molar-refractivity contribution < 1.29 is 9.63 Å². The highest BCUT2D eigenvalue weighted by molar-refractivity contribution is 5.89. The van der Waals surface area contributed by atoms with Crippen molar-refractivity contribution in [2.24, 2.45) is 16.5 Å². The number of aliphatic imine (C=N–C) groups is 1. The van der Waals surface area contributed by atoms with Gasteiger partial charge in [0.2, 0.25) is 0 Å². The maximum Gasteiger partial charge on any atom is 0.379 e. The van der Waals surface area contributed by atoms with Crippen LogP contribution in [0.15, 0.2) is 16.5 Å². The van der Waals surface area contributed by atoms with Gasteiger partial charge in [0.1, 0.15) is 5.82 Å². The lowest BCUT2D eigenvalue weighted by atomic mass is 10.4. The minimum Gasteiger partial charge on any atom is -0.384 e. The number of hydroxylamine groups is 1. The van der Waals surface area contributed by atoms with E-state index in [-0.39, 0.29) is 11.5 Å². The highest BCUT2D eigenvalue weighted by Gasteiger charge is 2.11. The molecule has 62 valence electrons. The minimum atomic E-state index is -0.762. The van der Waals surface area contributed by atoms with Gasteiger partial charge in [0.15, 0.2) is 5.70 Å². The molecule has 0 unspecified atom stereocenters. The Labute approximate surface area is 63.9 Å². The second-order valence-electron chi connectivity index (χ2n) is 1.56. The van der Waals surface area contributed by atoms with Crippen LogP contribution in [0.3, 0.4) is 0 Å². The summed E-state index contributed by atoms with van der Waals surface area (Å²) in [6, 6.07) is 0. The molecule has 6 nitrogen and oxygen atoms in total. The first-order chi connectivity index (χ1) is 5.13. The van der Waals surface area contributed by atoms with Crippen LogP contribution < -0.4 is 16.9 Å². The number of carbonyl (C=O) groups excluding carboxylic acids is 1. The maximum absolute atomic E-state index is 10.8. The number of hydrogen-bond donors (Lipinski definition) is 3. The molecule has 0 aliphatic heterocycles. The van der Waals surface area contributed by atoms with E-state index in [1.165, 1.54) is 7.05 Å². The van der Waals surface area contributed by atoms with Gasteiger partial charge < -0.3 is 16.3 Å². The number of nitrogens with zero attached hydrogens (tertiary/aromatic N) is 1. The van der Waals surface area contributed by atoms with Gasteiger partial charge in [0.05, 0.1) is 0 Å². The van der Waals surface area contributed by atoms with Gasteiger partial charge >= 0.3 is 5.97 Å². The summed E-state index contributed by atoms with van der Waals surface area (Å²) in [7, 11) is 1.42. The largest absolute Gasteiger partial charge is 0.384 e. The maximum atomic E-state index is 10.8. The standard InChI is InChI=1S/C5H10N4O2/c1-8-3(4(6)7)5(10)11-9-2/h9H,1,6-7H2,2H3. The first-order valence-corrected chi connectivity index (χ1v) is 2.73. The van der Waals surface area contributed by atoms with Gasteiger partial charge in [-0.3, -0.25) is 4.99 Å². The Balaban J connectivity index is 4.40. The molecule has 0 aromatic heterocycles. The van der Waals surface area contributed by atoms with E-state index in [0.29, 0.717) is 0 Å². The van der Waals surface area contributed by atoms with Crippen LogP contribution in [0.4, 0.5) is 0 Å². The predicted molar refractivity (Wildman–Crippen MR) is 40.1 cm³/mol. The van der Waals surface area contributed by atoms with E-state index in [9.17, 15) is 4.79 Å². The summed E-state index contributed by atoms with van der Waals surface area (Å²) >= 11 is 0. The van der Waals surface area contributed by atoms with Gasteiger partial charge in [0.25, 0.3) is 0 Å². The zero-order valence-corrected chi connectivity index (χ0v) is 6.13. The van der Waals surface area contributed by atoms with E-state index < -0.39 is 5.97 Å². The summed E-state index contributed by atoms with van der Waals surface area (Å²) in [6.45, 7) is 3.09. The SMILES string of the molecule is C=NC(C(=O)ONC)=C(N)N. The lowest BCUT2D eigenvalue weighted by Gasteiger charge is -2.01. The molecule has 0 amide bonds. The zero-order valence-electron chi connectivity index (χ0n) is 6.13. The third-order valence-corrected chi connectivity index (χ3v) is 0.820. The van der Waals surface area contributed by atoms with Gasteiger partial charge in [0, 0.05) is 7.05 Å². The monoisotopic (exact) mass is 158 g/mol. The fourth-order valence-electron chi connectivity index (χ4n) is 0.415. The first kappa shape index (κ1) is 9.44. The van der Waals surface area contributed by atoms with Crippen LogP contribution in [0.2, 0.25) is 0 Å². The fraction of sp³-hybridized carbons (Fsp3) is 0.200. The topological polar surface area (TPSA) is 103 Å². The lowest BCUT2D eigenvalue weighted by molar-refractivity contribution is -0.145. The van der Waals surface area contributed by atoms with Crippen molar-refractivity contribution in [3.63, 3.8) is 0 Å². The molecule has 0 heterocycles. The van der Waals surface area contributed by atoms with Crippen LogP contribution in [0.25, 0.3) is 0 Å². The summed E-state index contributed by atoms with van der Waals surface area (Å²) < 4.78 is 0. The normalized spacial score (nSPS) is 8.45. The molecule has 0 aromatic carbocycles. The second kappa shape index (κ2) is 4.29. The molecule has 0 aliphatic carbocycles. The summed E-state index contributed by atoms with van der Waals surface area (Å²) in [6.07, 6.45) is 0. The number of hydrogen-bond acceptors (Lipinski definition) is 6. The van der Waals surface area contributed by atoms with Gasteiger partial charge in [-0.1, -0.05) is 0 Å². The molecule has 11 heavy (non-hydrogen) atoms. The molecule has 6 heteroatoms. The Bertz CT molecular complexity index is 195. The van der Waals surface area contributed by atoms with Crippen molar-refractivity contribution in [1.29, 1.82) is 0 Å². The molecule has 0 aromatic rings. The second-order valence-corrected chi connectivity index (χ2v) is 1.56. The van der Waals surface area contributed by atoms with Crippen molar-refractivity contribution in [2.75, 3.05) is 7.05 Å². The molecular formula is C5H10N4O2. The summed E-state index contributed by atoms with van der Waals surface area (Å²) in [5, 5.41) is 0. The molecule has 0 rings (SSSR count). The Hall–Kier alpha value is -1.56. The number of rotatable bonds is 3. The average Bonchev–Trinajstić information content (AvgIpc) is 1.88. The van der Waals surface area contributed by atoms with E-state index in [1.807, 2.05) is 0 Å². The highest BCUT2D eigenvalue weighted by Crippen LogP contribution is 1.97. The van der Waals surface area contributed by atoms with Crippen molar-refractivity contribution in [3.8, 4) is 0 Å². The van der Waals surface area contributed by atoms with E-state index >= 15 is 0 Å². The summed E-state index contributed by atoms with van der Waals surface area (Å²) in [5.74, 6) is -0.984. The Morgan fingerprint density at radius 1 is 1.64 bits per heavy atom. The highest BCUT2D eigenvalue weighted by atomic mass is 16.7. The molecule has 0 spiro atoms. The van der Waals surface area contributed by atoms with Crippen molar-refractivity contribution in [2.45, 2.75) is 0 Å². The Kier molecular flexibility index (Phi) is 3.68. The summed E-state index contributed by atoms with van der Waals surface area (Å²) in [5.41, 5.74) is 12.1. The third-order valence-electron chi connectivity index (χ3n) is 0.820. The fourth-order valence-corrected chi connectivity index (χ4v) is 0.415. The molecular weight excluding hydrogens is 148 g/mol. The molecule has 5 N–H and O–H groups in total. The molecule has 0 radical (unpaired) electrons. The molecule has 0 saturated heterocycles. The minimum absolute atomic E-state index is 0.195. The van der Waals surface area contributed by atoms with Crippen molar-refractivity contribution >= 4 is 12.7 Å². The Morgan fingerprint density at radius 2 is 2.18 bits per heavy atom. The van der Waals surface area contributed by atoms with Gasteiger partial charge in [-0.15, -0.1) is 0 Å². The van der Waals surface area contributed by atoms with Crippen LogP contribution in [-0.4, -0.2) is 19.7 Å². The molecule has 0 aliphatic rings. The number of nitrogens with two attached hydrogens (primary N) is 2. The average molecular weight is 158 g/mol. The van der Waals surface area contributed by atoms with Gasteiger partial charge in [-0.25, -0.2) is 4.79 Å². The van der Waals surface area contributed by atoms with Gasteiger partial charge in [-0.05, 0) is 6.72 Å². The quantitative estimate of drug-likeness (QED) is 0.262. The number of nitrogens with one attached hydrogen (secondary N) is 1. The van der Waals surface area contributed by atoms with E-state index in [2.05, 4.69) is 22.0 Å². The first-order valence-electron chi connectivity index (χ1n) is 2.73. The number of carbonyl (C=O) groups is 1. The predicted octanol–water partition coefficient (Wildman–Crippen LogP) is -1.55. The molecule has 0 saturated carbocycles. The van der Waals surface area contributed by atoms with Gasteiger partial charge in [-0.2, -0.15) is 5.48 Å². The van der Waals surface area contributed by atoms with Crippen molar-refractivity contribution in [3.05, 3.63) is 11.5 Å². The van der Waals surface area contributed by atoms with Crippen LogP contribution >= 0.6 is 0 Å². The van der Waals surface area contributed by atoms with E-state index in [0.717, 1.165) is 0 Å². The smallest absolute Gasteiger partial charge is 0.379 e.